The third-order valence-corrected chi connectivity index (χ3v) is 1.66. The Morgan fingerprint density at radius 1 is 1.25 bits per heavy atom. The van der Waals surface area contributed by atoms with Crippen molar-refractivity contribution >= 4 is 9.39 Å². The summed E-state index contributed by atoms with van der Waals surface area (Å²) in [4.78, 5) is 0. The Balaban J connectivity index is 0.000000222. The number of hydrogen-bond donors (Lipinski definition) is 1. The van der Waals surface area contributed by atoms with E-state index in [9.17, 15) is 0 Å². The molecule has 2 nitrogen and oxygen atoms in total. The van der Waals surface area contributed by atoms with Crippen LogP contribution in [0.3, 0.4) is 0 Å². The van der Waals surface area contributed by atoms with Crippen LogP contribution in [0.2, 0.25) is 0 Å². The van der Waals surface area contributed by atoms with Crippen molar-refractivity contribution < 1.29 is 0 Å². The van der Waals surface area contributed by atoms with Gasteiger partial charge < -0.3 is 5.73 Å². The van der Waals surface area contributed by atoms with E-state index in [1.165, 1.54) is 33.0 Å². The normalized spacial score (nSPS) is 19.9. The quantitative estimate of drug-likeness (QED) is 0.487. The molecule has 1 aliphatic heterocycles. The van der Waals surface area contributed by atoms with Crippen molar-refractivity contribution in [1.29, 1.82) is 0 Å². The van der Waals surface area contributed by atoms with Crippen LogP contribution in [0.15, 0.2) is 0 Å². The van der Waals surface area contributed by atoms with Crippen molar-refractivity contribution in [3.63, 3.8) is 0 Å². The smallest absolute Gasteiger partial charge is 0.00166 e. The molecule has 0 radical (unpaired) electrons. The summed E-state index contributed by atoms with van der Waals surface area (Å²) in [6.45, 7) is 2.56. The second-order valence-electron chi connectivity index (χ2n) is 1.74. The van der Waals surface area contributed by atoms with Gasteiger partial charge in [-0.25, -0.2) is 0 Å². The van der Waals surface area contributed by atoms with Crippen molar-refractivity contribution in [2.45, 2.75) is 12.8 Å². The highest BCUT2D eigenvalue weighted by Gasteiger charge is 2.03. The van der Waals surface area contributed by atoms with Gasteiger partial charge in [0, 0.05) is 13.1 Å². The zero-order valence-corrected chi connectivity index (χ0v) is 6.59. The van der Waals surface area contributed by atoms with Gasteiger partial charge in [0.25, 0.3) is 0 Å². The fraction of sp³-hybridized carbons (Fsp3) is 1.00. The van der Waals surface area contributed by atoms with E-state index in [-0.39, 0.29) is 0 Å². The molecule has 0 spiro atoms. The van der Waals surface area contributed by atoms with Crippen LogP contribution in [0.1, 0.15) is 12.8 Å². The van der Waals surface area contributed by atoms with E-state index < -0.39 is 0 Å². The van der Waals surface area contributed by atoms with Gasteiger partial charge in [-0.15, -0.1) is 0 Å². The van der Waals surface area contributed by atoms with Crippen LogP contribution in [-0.4, -0.2) is 24.8 Å². The van der Waals surface area contributed by atoms with Gasteiger partial charge in [-0.05, 0) is 19.9 Å². The molecule has 1 rings (SSSR count). The summed E-state index contributed by atoms with van der Waals surface area (Å²) in [6.07, 6.45) is 2.78. The maximum Gasteiger partial charge on any atom is 0.00166 e. The van der Waals surface area contributed by atoms with E-state index in [0.717, 1.165) is 0 Å². The van der Waals surface area contributed by atoms with E-state index in [1.807, 2.05) is 0 Å². The van der Waals surface area contributed by atoms with Crippen LogP contribution < -0.4 is 5.73 Å². The molecule has 1 heterocycles. The molecule has 50 valence electrons. The predicted octanol–water partition coefficient (Wildman–Crippen LogP) is 0.447. The van der Waals surface area contributed by atoms with E-state index in [4.69, 9.17) is 0 Å². The third kappa shape index (κ3) is 3.36. The largest absolute Gasteiger partial charge is 0.333 e. The van der Waals surface area contributed by atoms with Gasteiger partial charge in [0.05, 0.1) is 0 Å². The Hall–Kier alpha value is 0.350. The van der Waals surface area contributed by atoms with E-state index in [1.54, 1.807) is 0 Å². The Morgan fingerprint density at radius 3 is 1.75 bits per heavy atom. The van der Waals surface area contributed by atoms with Crippen LogP contribution in [-0.2, 0) is 0 Å². The molecule has 0 aromatic heterocycles. The predicted molar refractivity (Wildman–Crippen MR) is 40.6 cm³/mol. The monoisotopic (exact) mass is 134 g/mol. The van der Waals surface area contributed by atoms with E-state index in [2.05, 4.69) is 19.8 Å². The summed E-state index contributed by atoms with van der Waals surface area (Å²) in [5.74, 6) is 0. The van der Waals surface area contributed by atoms with Gasteiger partial charge in [0.15, 0.2) is 0 Å². The highest BCUT2D eigenvalue weighted by molar-refractivity contribution is 7.13. The average Bonchev–Trinajstić information content (AvgIpc) is 2.24. The van der Waals surface area contributed by atoms with Gasteiger partial charge in [0.1, 0.15) is 0 Å². The molecule has 1 atom stereocenters. The molecular weight excluding hydrogens is 119 g/mol. The molecule has 3 heteroatoms. The number of rotatable bonds is 0. The molecule has 1 aliphatic rings. The van der Waals surface area contributed by atoms with Crippen LogP contribution >= 0.6 is 9.39 Å². The van der Waals surface area contributed by atoms with Crippen LogP contribution in [0.5, 0.6) is 0 Å². The van der Waals surface area contributed by atoms with Gasteiger partial charge in [-0.1, -0.05) is 9.39 Å². The van der Waals surface area contributed by atoms with Crippen molar-refractivity contribution in [3.05, 3.63) is 0 Å². The molecule has 0 aromatic rings. The van der Waals surface area contributed by atoms with Crippen LogP contribution in [0, 0.1) is 0 Å². The summed E-state index contributed by atoms with van der Waals surface area (Å²) in [5.41, 5.74) is 4.50. The van der Waals surface area contributed by atoms with E-state index in [0.29, 0.717) is 0 Å². The minimum atomic E-state index is 1.28. The SMILES string of the molecule is CN.PN1CCCC1. The summed E-state index contributed by atoms with van der Waals surface area (Å²) in [5, 5.41) is 0. The number of nitrogens with zero attached hydrogens (tertiary/aromatic N) is 1. The summed E-state index contributed by atoms with van der Waals surface area (Å²) >= 11 is 0. The first-order valence-corrected chi connectivity index (χ1v) is 3.48. The van der Waals surface area contributed by atoms with Crippen molar-refractivity contribution in [2.75, 3.05) is 20.1 Å². The summed E-state index contributed by atoms with van der Waals surface area (Å²) in [7, 11) is 4.21. The van der Waals surface area contributed by atoms with Gasteiger partial charge in [-0.2, -0.15) is 0 Å². The topological polar surface area (TPSA) is 29.3 Å². The number of nitrogens with two attached hydrogens (primary N) is 1. The van der Waals surface area contributed by atoms with E-state index >= 15 is 0 Å². The molecule has 8 heavy (non-hydrogen) atoms. The molecule has 2 N–H and O–H groups in total. The lowest BCUT2D eigenvalue weighted by Gasteiger charge is -2.00. The third-order valence-electron chi connectivity index (χ3n) is 1.14. The lowest BCUT2D eigenvalue weighted by atomic mass is 10.4. The maximum atomic E-state index is 4.50. The molecule has 0 amide bonds. The second kappa shape index (κ2) is 5.49. The van der Waals surface area contributed by atoms with Crippen molar-refractivity contribution in [2.24, 2.45) is 5.73 Å². The molecular formula is C5H15N2P. The Bertz CT molecular complexity index is 43.7. The van der Waals surface area contributed by atoms with Gasteiger partial charge in [-0.3, -0.25) is 4.67 Å². The lowest BCUT2D eigenvalue weighted by molar-refractivity contribution is 0.586. The molecule has 1 unspecified atom stereocenters. The number of hydrogen-bond acceptors (Lipinski definition) is 2. The highest BCUT2D eigenvalue weighted by Crippen LogP contribution is 2.10. The first kappa shape index (κ1) is 8.35. The Kier molecular flexibility index (Phi) is 5.73. The Morgan fingerprint density at radius 2 is 1.62 bits per heavy atom. The maximum absolute atomic E-state index is 4.50. The highest BCUT2D eigenvalue weighted by atomic mass is 31.0. The van der Waals surface area contributed by atoms with Crippen LogP contribution in [0.25, 0.3) is 0 Å². The minimum absolute atomic E-state index is 1.28. The van der Waals surface area contributed by atoms with Crippen molar-refractivity contribution in [3.8, 4) is 0 Å². The molecule has 1 saturated heterocycles. The first-order valence-electron chi connectivity index (χ1n) is 2.97. The Labute approximate surface area is 53.7 Å². The van der Waals surface area contributed by atoms with Gasteiger partial charge >= 0.3 is 0 Å². The summed E-state index contributed by atoms with van der Waals surface area (Å²) in [6, 6.07) is 0. The van der Waals surface area contributed by atoms with Crippen LogP contribution in [0.4, 0.5) is 0 Å². The minimum Gasteiger partial charge on any atom is -0.333 e. The fourth-order valence-corrected chi connectivity index (χ4v) is 1.11. The van der Waals surface area contributed by atoms with Gasteiger partial charge in [0.2, 0.25) is 0 Å². The fourth-order valence-electron chi connectivity index (χ4n) is 0.742. The standard InChI is InChI=1S/C4H10NP.CH5N/c6-5-3-1-2-4-5;1-2/h1-4,6H2;2H2,1H3. The zero-order valence-electron chi connectivity index (χ0n) is 5.43. The first-order chi connectivity index (χ1) is 3.89. The molecule has 0 aliphatic carbocycles. The lowest BCUT2D eigenvalue weighted by Crippen LogP contribution is -2.01. The van der Waals surface area contributed by atoms with Crippen molar-refractivity contribution in [1.82, 2.24) is 4.67 Å². The average molecular weight is 134 g/mol. The molecule has 0 saturated carbocycles. The molecule has 0 aromatic carbocycles. The molecule has 0 bridgehead atoms. The second-order valence-corrected chi connectivity index (χ2v) is 2.47. The zero-order chi connectivity index (χ0) is 6.41. The summed E-state index contributed by atoms with van der Waals surface area (Å²) < 4.78 is 2.28. The molecule has 1 fully saturated rings.